The van der Waals surface area contributed by atoms with Crippen molar-refractivity contribution in [3.63, 3.8) is 0 Å². The van der Waals surface area contributed by atoms with Crippen molar-refractivity contribution in [1.29, 1.82) is 0 Å². The van der Waals surface area contributed by atoms with Crippen molar-refractivity contribution in [2.24, 2.45) is 23.2 Å². The first-order chi connectivity index (χ1) is 14.0. The second kappa shape index (κ2) is 7.34. The van der Waals surface area contributed by atoms with Crippen molar-refractivity contribution < 1.29 is 19.0 Å². The lowest BCUT2D eigenvalue weighted by atomic mass is 9.58. The SMILES string of the molecule is COc1ccc2c(c1C)CC(=O)[C@](C)([C@@H]1CCCOC3(C[C@H](C)C(C)(C)O3)C1C)C2. The van der Waals surface area contributed by atoms with Crippen molar-refractivity contribution in [2.75, 3.05) is 13.7 Å². The molecule has 4 heteroatoms. The van der Waals surface area contributed by atoms with Gasteiger partial charge in [0, 0.05) is 24.2 Å². The van der Waals surface area contributed by atoms with Crippen LogP contribution in [-0.2, 0) is 27.1 Å². The Balaban J connectivity index is 1.70. The summed E-state index contributed by atoms with van der Waals surface area (Å²) in [5.41, 5.74) is 2.96. The smallest absolute Gasteiger partial charge is 0.172 e. The van der Waals surface area contributed by atoms with E-state index in [9.17, 15) is 4.79 Å². The molecular weight excluding hydrogens is 376 g/mol. The number of benzene rings is 1. The molecule has 0 N–H and O–H groups in total. The molecule has 0 radical (unpaired) electrons. The molecule has 1 spiro atoms. The van der Waals surface area contributed by atoms with E-state index < -0.39 is 11.2 Å². The lowest BCUT2D eigenvalue weighted by Gasteiger charge is -2.47. The summed E-state index contributed by atoms with van der Waals surface area (Å²) < 4.78 is 18.6. The van der Waals surface area contributed by atoms with E-state index in [1.165, 1.54) is 5.56 Å². The second-order valence-corrected chi connectivity index (χ2v) is 10.7. The summed E-state index contributed by atoms with van der Waals surface area (Å²) in [7, 11) is 1.69. The molecule has 1 aliphatic carbocycles. The lowest BCUT2D eigenvalue weighted by Crippen LogP contribution is -2.51. The first-order valence-electron chi connectivity index (χ1n) is 11.6. The summed E-state index contributed by atoms with van der Waals surface area (Å²) in [6.45, 7) is 13.8. The zero-order chi connectivity index (χ0) is 21.9. The van der Waals surface area contributed by atoms with Gasteiger partial charge in [-0.3, -0.25) is 4.79 Å². The van der Waals surface area contributed by atoms with Gasteiger partial charge < -0.3 is 14.2 Å². The summed E-state index contributed by atoms with van der Waals surface area (Å²) in [5.74, 6) is 1.47. The Labute approximate surface area is 181 Å². The summed E-state index contributed by atoms with van der Waals surface area (Å²) >= 11 is 0. The largest absolute Gasteiger partial charge is 0.496 e. The number of carbonyl (C=O) groups is 1. The molecule has 1 aromatic rings. The van der Waals surface area contributed by atoms with Crippen LogP contribution in [0.1, 0.15) is 70.6 Å². The first-order valence-corrected chi connectivity index (χ1v) is 11.6. The molecule has 0 saturated carbocycles. The van der Waals surface area contributed by atoms with Gasteiger partial charge in [0.15, 0.2) is 5.79 Å². The van der Waals surface area contributed by atoms with Gasteiger partial charge in [0.1, 0.15) is 11.5 Å². The minimum Gasteiger partial charge on any atom is -0.496 e. The molecule has 1 aromatic carbocycles. The van der Waals surface area contributed by atoms with E-state index in [0.29, 0.717) is 24.7 Å². The average molecular weight is 415 g/mol. The van der Waals surface area contributed by atoms with Crippen LogP contribution in [0.4, 0.5) is 0 Å². The molecule has 2 saturated heterocycles. The Kier molecular flexibility index (Phi) is 5.34. The molecule has 2 aliphatic heterocycles. The van der Waals surface area contributed by atoms with Crippen molar-refractivity contribution >= 4 is 5.78 Å². The van der Waals surface area contributed by atoms with Crippen LogP contribution in [0, 0.1) is 30.1 Å². The molecule has 3 aliphatic rings. The number of ketones is 1. The Hall–Kier alpha value is -1.39. The molecular formula is C26H38O4. The predicted molar refractivity (Wildman–Crippen MR) is 118 cm³/mol. The van der Waals surface area contributed by atoms with Crippen LogP contribution < -0.4 is 4.74 Å². The van der Waals surface area contributed by atoms with Gasteiger partial charge in [0.05, 0.1) is 19.3 Å². The fourth-order valence-corrected chi connectivity index (χ4v) is 6.35. The third-order valence-corrected chi connectivity index (χ3v) is 8.73. The van der Waals surface area contributed by atoms with E-state index in [2.05, 4.69) is 53.7 Å². The average Bonchev–Trinajstić information content (AvgIpc) is 2.81. The van der Waals surface area contributed by atoms with E-state index >= 15 is 0 Å². The quantitative estimate of drug-likeness (QED) is 0.661. The molecule has 5 atom stereocenters. The van der Waals surface area contributed by atoms with E-state index in [1.54, 1.807) is 7.11 Å². The summed E-state index contributed by atoms with van der Waals surface area (Å²) in [4.78, 5) is 13.7. The number of ether oxygens (including phenoxy) is 3. The van der Waals surface area contributed by atoms with E-state index in [4.69, 9.17) is 14.2 Å². The Morgan fingerprint density at radius 1 is 1.17 bits per heavy atom. The third-order valence-electron chi connectivity index (χ3n) is 8.73. The maximum absolute atomic E-state index is 13.7. The third kappa shape index (κ3) is 3.22. The highest BCUT2D eigenvalue weighted by Crippen LogP contribution is 2.55. The Morgan fingerprint density at radius 3 is 2.53 bits per heavy atom. The topological polar surface area (TPSA) is 44.8 Å². The number of fused-ring (bicyclic) bond motifs is 1. The number of rotatable bonds is 2. The van der Waals surface area contributed by atoms with Gasteiger partial charge in [-0.05, 0) is 74.6 Å². The first kappa shape index (κ1) is 21.8. The van der Waals surface area contributed by atoms with Gasteiger partial charge in [-0.2, -0.15) is 0 Å². The van der Waals surface area contributed by atoms with Gasteiger partial charge in [0.25, 0.3) is 0 Å². The highest BCUT2D eigenvalue weighted by atomic mass is 16.7. The monoisotopic (exact) mass is 414 g/mol. The molecule has 166 valence electrons. The van der Waals surface area contributed by atoms with Crippen LogP contribution in [0.15, 0.2) is 12.1 Å². The van der Waals surface area contributed by atoms with Crippen molar-refractivity contribution in [2.45, 2.75) is 85.0 Å². The molecule has 2 unspecified atom stereocenters. The van der Waals surface area contributed by atoms with Gasteiger partial charge in [0.2, 0.25) is 0 Å². The van der Waals surface area contributed by atoms with Gasteiger partial charge in [-0.1, -0.05) is 26.8 Å². The fourth-order valence-electron chi connectivity index (χ4n) is 6.35. The maximum Gasteiger partial charge on any atom is 0.172 e. The number of hydrogen-bond acceptors (Lipinski definition) is 4. The molecule has 0 amide bonds. The molecule has 2 fully saturated rings. The van der Waals surface area contributed by atoms with Crippen LogP contribution in [0.5, 0.6) is 5.75 Å². The van der Waals surface area contributed by atoms with E-state index in [1.807, 2.05) is 0 Å². The Bertz CT molecular complexity index is 844. The highest BCUT2D eigenvalue weighted by Gasteiger charge is 2.59. The summed E-state index contributed by atoms with van der Waals surface area (Å²) in [6.07, 6.45) is 4.17. The van der Waals surface area contributed by atoms with Crippen LogP contribution in [-0.4, -0.2) is 30.9 Å². The van der Waals surface area contributed by atoms with Crippen molar-refractivity contribution in [1.82, 2.24) is 0 Å². The van der Waals surface area contributed by atoms with Crippen molar-refractivity contribution in [3.05, 3.63) is 28.8 Å². The predicted octanol–water partition coefficient (Wildman–Crippen LogP) is 5.27. The minimum absolute atomic E-state index is 0.166. The highest BCUT2D eigenvalue weighted by molar-refractivity contribution is 5.89. The lowest BCUT2D eigenvalue weighted by molar-refractivity contribution is -0.275. The fraction of sp³-hybridized carbons (Fsp3) is 0.731. The van der Waals surface area contributed by atoms with Crippen molar-refractivity contribution in [3.8, 4) is 5.75 Å². The summed E-state index contributed by atoms with van der Waals surface area (Å²) in [5, 5.41) is 0. The normalized spacial score (nSPS) is 38.4. The molecule has 30 heavy (non-hydrogen) atoms. The Morgan fingerprint density at radius 2 is 1.90 bits per heavy atom. The number of methoxy groups -OCH3 is 1. The van der Waals surface area contributed by atoms with Gasteiger partial charge >= 0.3 is 0 Å². The van der Waals surface area contributed by atoms with Crippen LogP contribution >= 0.6 is 0 Å². The molecule has 0 bridgehead atoms. The van der Waals surface area contributed by atoms with Crippen LogP contribution in [0.25, 0.3) is 0 Å². The minimum atomic E-state index is -0.580. The van der Waals surface area contributed by atoms with Crippen LogP contribution in [0.3, 0.4) is 0 Å². The molecule has 4 rings (SSSR count). The molecule has 0 aromatic heterocycles. The molecule has 2 heterocycles. The zero-order valence-corrected chi connectivity index (χ0v) is 19.8. The zero-order valence-electron chi connectivity index (χ0n) is 19.8. The van der Waals surface area contributed by atoms with Gasteiger partial charge in [-0.25, -0.2) is 0 Å². The molecule has 4 nitrogen and oxygen atoms in total. The maximum atomic E-state index is 13.7. The summed E-state index contributed by atoms with van der Waals surface area (Å²) in [6, 6.07) is 4.21. The number of hydrogen-bond donors (Lipinski definition) is 0. The second-order valence-electron chi connectivity index (χ2n) is 10.7. The van der Waals surface area contributed by atoms with E-state index in [-0.39, 0.29) is 17.4 Å². The van der Waals surface area contributed by atoms with E-state index in [0.717, 1.165) is 42.6 Å². The van der Waals surface area contributed by atoms with Gasteiger partial charge in [-0.15, -0.1) is 0 Å². The standard InChI is InChI=1S/C26H38O4/c1-16-14-26(30-24(16,4)5)18(3)21(9-8-12-29-26)25(6)15-19-10-11-22(28-7)17(2)20(19)13-23(25)27/h10-11,16,18,21H,8-9,12-15H2,1-7H3/t16-,18?,21+,25-,26?/m0/s1. The number of carbonyl (C=O) groups excluding carboxylic acids is 1. The number of Topliss-reactive ketones (excluding diaryl/α,β-unsaturated/α-hetero) is 1. The van der Waals surface area contributed by atoms with Crippen LogP contribution in [0.2, 0.25) is 0 Å².